The minimum Gasteiger partial charge on any atom is -0.394 e. The number of hydrogen-bond acceptors (Lipinski definition) is 3. The monoisotopic (exact) mass is 329 g/mol. The van der Waals surface area contributed by atoms with Gasteiger partial charge in [-0.1, -0.05) is 90.4 Å². The molecule has 0 rings (SSSR count). The van der Waals surface area contributed by atoms with Crippen LogP contribution >= 0.6 is 0 Å². The molecule has 3 heteroatoms. The molecule has 0 bridgehead atoms. The summed E-state index contributed by atoms with van der Waals surface area (Å²) in [6, 6.07) is 0. The highest BCUT2D eigenvalue weighted by atomic mass is 16.5. The van der Waals surface area contributed by atoms with Crippen molar-refractivity contribution < 1.29 is 9.84 Å². The van der Waals surface area contributed by atoms with Crippen LogP contribution in [0, 0.1) is 0 Å². The molecule has 0 saturated carbocycles. The normalized spacial score (nSPS) is 12.7. The summed E-state index contributed by atoms with van der Waals surface area (Å²) in [5, 5.41) is 12.3. The van der Waals surface area contributed by atoms with E-state index in [0.717, 1.165) is 13.1 Å². The molecule has 0 aromatic carbocycles. The standard InChI is InChI=1S/C20H43NO2/c1-3-4-5-6-7-8-9-10-11-12-13-14-15-16-17-21-18-20(19-22)23-2/h20-22H,3-19H2,1-2H3. The molecule has 0 aliphatic carbocycles. The molecule has 0 aliphatic rings. The maximum absolute atomic E-state index is 8.99. The first-order chi connectivity index (χ1) is 11.3. The summed E-state index contributed by atoms with van der Waals surface area (Å²) < 4.78 is 5.11. The van der Waals surface area contributed by atoms with E-state index in [-0.39, 0.29) is 12.7 Å². The third-order valence-corrected chi connectivity index (χ3v) is 4.62. The molecule has 0 heterocycles. The third-order valence-electron chi connectivity index (χ3n) is 4.62. The average molecular weight is 330 g/mol. The van der Waals surface area contributed by atoms with E-state index in [2.05, 4.69) is 12.2 Å². The van der Waals surface area contributed by atoms with Gasteiger partial charge in [-0.2, -0.15) is 0 Å². The van der Waals surface area contributed by atoms with Gasteiger partial charge in [-0.3, -0.25) is 0 Å². The second-order valence-electron chi connectivity index (χ2n) is 6.84. The molecule has 0 amide bonds. The summed E-state index contributed by atoms with van der Waals surface area (Å²) in [6.07, 6.45) is 19.6. The third kappa shape index (κ3) is 18.1. The van der Waals surface area contributed by atoms with E-state index in [1.807, 2.05) is 0 Å². The van der Waals surface area contributed by atoms with Crippen LogP contribution in [0.5, 0.6) is 0 Å². The summed E-state index contributed by atoms with van der Waals surface area (Å²) in [5.74, 6) is 0. The van der Waals surface area contributed by atoms with Crippen molar-refractivity contribution in [1.29, 1.82) is 0 Å². The molecule has 0 fully saturated rings. The van der Waals surface area contributed by atoms with E-state index < -0.39 is 0 Å². The number of unbranched alkanes of at least 4 members (excludes halogenated alkanes) is 13. The largest absolute Gasteiger partial charge is 0.394 e. The first-order valence-electron chi connectivity index (χ1n) is 10.2. The Morgan fingerprint density at radius 1 is 0.739 bits per heavy atom. The SMILES string of the molecule is CCCCCCCCCCCCCCCCNCC(CO)OC. The van der Waals surface area contributed by atoms with Crippen molar-refractivity contribution in [2.45, 2.75) is 103 Å². The molecule has 0 aliphatic heterocycles. The average Bonchev–Trinajstić information content (AvgIpc) is 2.58. The van der Waals surface area contributed by atoms with Crippen LogP contribution < -0.4 is 5.32 Å². The first-order valence-corrected chi connectivity index (χ1v) is 10.2. The van der Waals surface area contributed by atoms with Gasteiger partial charge in [-0.15, -0.1) is 0 Å². The van der Waals surface area contributed by atoms with Gasteiger partial charge in [0.25, 0.3) is 0 Å². The first kappa shape index (κ1) is 22.9. The topological polar surface area (TPSA) is 41.5 Å². The number of ether oxygens (including phenoxy) is 1. The zero-order valence-corrected chi connectivity index (χ0v) is 16.0. The number of hydrogen-bond donors (Lipinski definition) is 2. The van der Waals surface area contributed by atoms with Crippen LogP contribution in [-0.4, -0.2) is 38.0 Å². The molecular formula is C20H43NO2. The van der Waals surface area contributed by atoms with Gasteiger partial charge in [0.15, 0.2) is 0 Å². The molecule has 140 valence electrons. The Kier molecular flexibility index (Phi) is 19.8. The van der Waals surface area contributed by atoms with Gasteiger partial charge < -0.3 is 15.2 Å². The molecule has 0 radical (unpaired) electrons. The van der Waals surface area contributed by atoms with Crippen LogP contribution in [0.2, 0.25) is 0 Å². The van der Waals surface area contributed by atoms with Crippen molar-refractivity contribution in [1.82, 2.24) is 5.32 Å². The van der Waals surface area contributed by atoms with Crippen molar-refractivity contribution in [2.75, 3.05) is 26.8 Å². The molecule has 3 nitrogen and oxygen atoms in total. The Bertz CT molecular complexity index is 208. The van der Waals surface area contributed by atoms with Crippen molar-refractivity contribution in [2.24, 2.45) is 0 Å². The van der Waals surface area contributed by atoms with Crippen LogP contribution in [0.25, 0.3) is 0 Å². The molecule has 0 aromatic rings. The maximum Gasteiger partial charge on any atom is 0.0925 e. The number of rotatable bonds is 19. The molecule has 0 spiro atoms. The van der Waals surface area contributed by atoms with Crippen LogP contribution in [0.4, 0.5) is 0 Å². The van der Waals surface area contributed by atoms with Gasteiger partial charge >= 0.3 is 0 Å². The summed E-state index contributed by atoms with van der Waals surface area (Å²) in [5.41, 5.74) is 0. The zero-order chi connectivity index (χ0) is 17.0. The fourth-order valence-electron chi connectivity index (χ4n) is 2.93. The lowest BCUT2D eigenvalue weighted by Gasteiger charge is -2.12. The second kappa shape index (κ2) is 19.9. The molecule has 1 unspecified atom stereocenters. The lowest BCUT2D eigenvalue weighted by molar-refractivity contribution is 0.0493. The lowest BCUT2D eigenvalue weighted by atomic mass is 10.0. The summed E-state index contributed by atoms with van der Waals surface area (Å²) in [4.78, 5) is 0. The van der Waals surface area contributed by atoms with E-state index in [1.165, 1.54) is 89.9 Å². The van der Waals surface area contributed by atoms with Gasteiger partial charge in [-0.25, -0.2) is 0 Å². The Morgan fingerprint density at radius 3 is 1.57 bits per heavy atom. The lowest BCUT2D eigenvalue weighted by Crippen LogP contribution is -2.31. The smallest absolute Gasteiger partial charge is 0.0925 e. The highest BCUT2D eigenvalue weighted by molar-refractivity contribution is 4.59. The minimum atomic E-state index is -0.0540. The number of nitrogens with one attached hydrogen (secondary N) is 1. The minimum absolute atomic E-state index is 0.0540. The second-order valence-corrected chi connectivity index (χ2v) is 6.84. The van der Waals surface area contributed by atoms with Gasteiger partial charge in [0.2, 0.25) is 0 Å². The Morgan fingerprint density at radius 2 is 1.17 bits per heavy atom. The molecule has 1 atom stereocenters. The van der Waals surface area contributed by atoms with Crippen molar-refractivity contribution >= 4 is 0 Å². The van der Waals surface area contributed by atoms with Crippen LogP contribution in [0.3, 0.4) is 0 Å². The maximum atomic E-state index is 8.99. The van der Waals surface area contributed by atoms with E-state index in [1.54, 1.807) is 7.11 Å². The highest BCUT2D eigenvalue weighted by Crippen LogP contribution is 2.12. The Balaban J connectivity index is 3.02. The molecule has 23 heavy (non-hydrogen) atoms. The molecule has 0 aromatic heterocycles. The van der Waals surface area contributed by atoms with Gasteiger partial charge in [0.05, 0.1) is 12.7 Å². The number of aliphatic hydroxyl groups excluding tert-OH is 1. The van der Waals surface area contributed by atoms with E-state index in [0.29, 0.717) is 0 Å². The number of methoxy groups -OCH3 is 1. The van der Waals surface area contributed by atoms with Gasteiger partial charge in [0.1, 0.15) is 0 Å². The van der Waals surface area contributed by atoms with Crippen molar-refractivity contribution in [3.63, 3.8) is 0 Å². The fourth-order valence-corrected chi connectivity index (χ4v) is 2.93. The number of aliphatic hydroxyl groups is 1. The van der Waals surface area contributed by atoms with Gasteiger partial charge in [0, 0.05) is 13.7 Å². The summed E-state index contributed by atoms with van der Waals surface area (Å²) in [7, 11) is 1.65. The quantitative estimate of drug-likeness (QED) is 0.325. The predicted molar refractivity (Wildman–Crippen MR) is 101 cm³/mol. The van der Waals surface area contributed by atoms with E-state index >= 15 is 0 Å². The molecule has 2 N–H and O–H groups in total. The van der Waals surface area contributed by atoms with Crippen molar-refractivity contribution in [3.8, 4) is 0 Å². The summed E-state index contributed by atoms with van der Waals surface area (Å²) >= 11 is 0. The zero-order valence-electron chi connectivity index (χ0n) is 16.0. The predicted octanol–water partition coefficient (Wildman–Crippen LogP) is 5.06. The van der Waals surface area contributed by atoms with Crippen LogP contribution in [0.15, 0.2) is 0 Å². The van der Waals surface area contributed by atoms with Gasteiger partial charge in [-0.05, 0) is 13.0 Å². The van der Waals surface area contributed by atoms with E-state index in [4.69, 9.17) is 9.84 Å². The Hall–Kier alpha value is -0.120. The molecule has 0 saturated heterocycles. The van der Waals surface area contributed by atoms with E-state index in [9.17, 15) is 0 Å². The van der Waals surface area contributed by atoms with Crippen LogP contribution in [-0.2, 0) is 4.74 Å². The summed E-state index contributed by atoms with van der Waals surface area (Å²) in [6.45, 7) is 4.18. The highest BCUT2D eigenvalue weighted by Gasteiger charge is 2.03. The van der Waals surface area contributed by atoms with Crippen molar-refractivity contribution in [3.05, 3.63) is 0 Å². The molecular weight excluding hydrogens is 286 g/mol. The fraction of sp³-hybridized carbons (Fsp3) is 1.00. The Labute approximate surface area is 145 Å². The van der Waals surface area contributed by atoms with Crippen LogP contribution in [0.1, 0.15) is 96.8 Å².